The fourth-order valence-corrected chi connectivity index (χ4v) is 3.79. The maximum absolute atomic E-state index is 2.51. The van der Waals surface area contributed by atoms with Gasteiger partial charge in [-0.05, 0) is 25.7 Å². The Morgan fingerprint density at radius 3 is 1.76 bits per heavy atom. The summed E-state index contributed by atoms with van der Waals surface area (Å²) in [6.45, 7) is 9.30. The van der Waals surface area contributed by atoms with Gasteiger partial charge in [0.1, 0.15) is 12.4 Å². The maximum Gasteiger partial charge on any atom is 0.256 e. The fraction of sp³-hybridized carbons (Fsp3) is 0.870. The van der Waals surface area contributed by atoms with E-state index in [1.54, 1.807) is 0 Å². The maximum atomic E-state index is 2.51. The van der Waals surface area contributed by atoms with Crippen LogP contribution >= 0.6 is 0 Å². The summed E-state index contributed by atoms with van der Waals surface area (Å²) < 4.78 is 5.01. The van der Waals surface area contributed by atoms with Crippen LogP contribution < -0.4 is 4.57 Å². The number of nitrogens with zero attached hydrogens (tertiary/aromatic N) is 2. The van der Waals surface area contributed by atoms with Gasteiger partial charge in [-0.15, -0.1) is 0 Å². The average molecular weight is 350 g/mol. The monoisotopic (exact) mass is 349 g/mol. The summed E-state index contributed by atoms with van der Waals surface area (Å²) >= 11 is 0. The SMILES string of the molecule is CCCCCCCCCCn1cc[n+](CCCCCCCC)c1CC. The average Bonchev–Trinajstić information content (AvgIpc) is 3.02. The van der Waals surface area contributed by atoms with Crippen LogP contribution in [0.4, 0.5) is 0 Å². The Balaban J connectivity index is 2.19. The number of imidazole rings is 1. The van der Waals surface area contributed by atoms with Gasteiger partial charge in [-0.2, -0.15) is 0 Å². The Morgan fingerprint density at radius 2 is 1.20 bits per heavy atom. The standard InChI is InChI=1S/C23H45N2/c1-4-7-9-11-13-14-16-18-20-25-22-21-24(23(25)6-3)19-17-15-12-10-8-5-2/h21-22H,4-20H2,1-3H3/q+1. The third kappa shape index (κ3) is 10.1. The van der Waals surface area contributed by atoms with Gasteiger partial charge in [0.2, 0.25) is 0 Å². The van der Waals surface area contributed by atoms with Gasteiger partial charge in [-0.1, -0.05) is 85.0 Å². The molecule has 0 spiro atoms. The van der Waals surface area contributed by atoms with Crippen LogP contribution in [0.25, 0.3) is 0 Å². The van der Waals surface area contributed by atoms with Crippen molar-refractivity contribution >= 4 is 0 Å². The Labute approximate surface area is 158 Å². The van der Waals surface area contributed by atoms with Gasteiger partial charge in [0, 0.05) is 6.42 Å². The van der Waals surface area contributed by atoms with Crippen LogP contribution in [-0.4, -0.2) is 4.57 Å². The Kier molecular flexibility index (Phi) is 13.8. The molecule has 0 bridgehead atoms. The van der Waals surface area contributed by atoms with Crippen molar-refractivity contribution in [2.45, 2.75) is 130 Å². The molecule has 0 aliphatic carbocycles. The molecule has 146 valence electrons. The summed E-state index contributed by atoms with van der Waals surface area (Å²) in [6.07, 6.45) is 25.3. The van der Waals surface area contributed by atoms with Crippen LogP contribution in [0.3, 0.4) is 0 Å². The predicted octanol–water partition coefficient (Wildman–Crippen LogP) is 6.84. The first-order chi connectivity index (χ1) is 12.3. The lowest BCUT2D eigenvalue weighted by molar-refractivity contribution is -0.704. The van der Waals surface area contributed by atoms with Crippen LogP contribution in [0.5, 0.6) is 0 Å². The summed E-state index contributed by atoms with van der Waals surface area (Å²) in [5.74, 6) is 1.52. The number of aryl methyl sites for hydroxylation is 2. The molecule has 2 heteroatoms. The van der Waals surface area contributed by atoms with Gasteiger partial charge in [0.05, 0.1) is 13.1 Å². The molecule has 0 aromatic carbocycles. The molecule has 0 aliphatic rings. The summed E-state index contributed by atoms with van der Waals surface area (Å²) in [4.78, 5) is 0. The molecular formula is C23H45N2+. The topological polar surface area (TPSA) is 8.81 Å². The van der Waals surface area contributed by atoms with Gasteiger partial charge in [-0.25, -0.2) is 9.13 Å². The third-order valence-corrected chi connectivity index (χ3v) is 5.41. The van der Waals surface area contributed by atoms with E-state index in [-0.39, 0.29) is 0 Å². The second kappa shape index (κ2) is 15.5. The van der Waals surface area contributed by atoms with Crippen LogP contribution in [0.1, 0.15) is 116 Å². The Hall–Kier alpha value is -0.790. The first-order valence-electron chi connectivity index (χ1n) is 11.4. The first-order valence-corrected chi connectivity index (χ1v) is 11.4. The molecule has 0 radical (unpaired) electrons. The molecule has 0 saturated heterocycles. The highest BCUT2D eigenvalue weighted by Crippen LogP contribution is 2.10. The lowest BCUT2D eigenvalue weighted by atomic mass is 10.1. The van der Waals surface area contributed by atoms with Crippen LogP contribution in [-0.2, 0) is 19.5 Å². The van der Waals surface area contributed by atoms with Gasteiger partial charge in [0.25, 0.3) is 5.82 Å². The second-order valence-electron chi connectivity index (χ2n) is 7.70. The molecule has 2 nitrogen and oxygen atoms in total. The molecule has 0 N–H and O–H groups in total. The highest BCUT2D eigenvalue weighted by atomic mass is 15.1. The zero-order chi connectivity index (χ0) is 18.2. The Bertz CT molecular complexity index is 408. The number of rotatable bonds is 17. The normalized spacial score (nSPS) is 11.3. The van der Waals surface area contributed by atoms with E-state index in [9.17, 15) is 0 Å². The van der Waals surface area contributed by atoms with E-state index in [2.05, 4.69) is 42.3 Å². The van der Waals surface area contributed by atoms with Crippen molar-refractivity contribution in [3.05, 3.63) is 18.2 Å². The molecule has 1 rings (SSSR count). The third-order valence-electron chi connectivity index (χ3n) is 5.41. The van der Waals surface area contributed by atoms with Crippen LogP contribution in [0.15, 0.2) is 12.4 Å². The van der Waals surface area contributed by atoms with E-state index in [4.69, 9.17) is 0 Å². The van der Waals surface area contributed by atoms with Gasteiger partial charge < -0.3 is 0 Å². The van der Waals surface area contributed by atoms with Crippen molar-refractivity contribution in [3.8, 4) is 0 Å². The smallest absolute Gasteiger partial charge is 0.234 e. The minimum atomic E-state index is 1.15. The fourth-order valence-electron chi connectivity index (χ4n) is 3.79. The summed E-state index contributed by atoms with van der Waals surface area (Å²) in [6, 6.07) is 0. The van der Waals surface area contributed by atoms with E-state index in [0.717, 1.165) is 6.42 Å². The van der Waals surface area contributed by atoms with Crippen LogP contribution in [0, 0.1) is 0 Å². The van der Waals surface area contributed by atoms with E-state index in [1.807, 2.05) is 0 Å². The largest absolute Gasteiger partial charge is 0.256 e. The highest BCUT2D eigenvalue weighted by molar-refractivity contribution is 4.83. The minimum absolute atomic E-state index is 1.15. The van der Waals surface area contributed by atoms with Gasteiger partial charge in [-0.3, -0.25) is 0 Å². The van der Waals surface area contributed by atoms with E-state index in [0.29, 0.717) is 0 Å². The second-order valence-corrected chi connectivity index (χ2v) is 7.70. The summed E-state index contributed by atoms with van der Waals surface area (Å²) in [7, 11) is 0. The van der Waals surface area contributed by atoms with E-state index in [1.165, 1.54) is 109 Å². The molecule has 1 heterocycles. The number of hydrogen-bond donors (Lipinski definition) is 0. The number of aromatic nitrogens is 2. The molecular weight excluding hydrogens is 304 g/mol. The molecule has 25 heavy (non-hydrogen) atoms. The zero-order valence-electron chi connectivity index (χ0n) is 17.6. The molecule has 1 aromatic heterocycles. The Morgan fingerprint density at radius 1 is 0.680 bits per heavy atom. The molecule has 0 atom stereocenters. The van der Waals surface area contributed by atoms with Crippen molar-refractivity contribution in [1.29, 1.82) is 0 Å². The first kappa shape index (κ1) is 22.3. The molecule has 0 aliphatic heterocycles. The van der Waals surface area contributed by atoms with Crippen LogP contribution in [0.2, 0.25) is 0 Å². The molecule has 0 unspecified atom stereocenters. The van der Waals surface area contributed by atoms with Crippen molar-refractivity contribution in [3.63, 3.8) is 0 Å². The van der Waals surface area contributed by atoms with Crippen molar-refractivity contribution < 1.29 is 4.57 Å². The molecule has 0 fully saturated rings. The summed E-state index contributed by atoms with van der Waals surface area (Å²) in [5.41, 5.74) is 0. The quantitative estimate of drug-likeness (QED) is 0.215. The van der Waals surface area contributed by atoms with Crippen molar-refractivity contribution in [2.75, 3.05) is 0 Å². The van der Waals surface area contributed by atoms with E-state index >= 15 is 0 Å². The van der Waals surface area contributed by atoms with Crippen molar-refractivity contribution in [1.82, 2.24) is 4.57 Å². The lowest BCUT2D eigenvalue weighted by Crippen LogP contribution is -2.37. The zero-order valence-corrected chi connectivity index (χ0v) is 17.6. The van der Waals surface area contributed by atoms with Gasteiger partial charge in [0.15, 0.2) is 0 Å². The lowest BCUT2D eigenvalue weighted by Gasteiger charge is -2.05. The highest BCUT2D eigenvalue weighted by Gasteiger charge is 2.14. The number of unbranched alkanes of at least 4 members (excludes halogenated alkanes) is 12. The minimum Gasteiger partial charge on any atom is -0.234 e. The van der Waals surface area contributed by atoms with Crippen molar-refractivity contribution in [2.24, 2.45) is 0 Å². The van der Waals surface area contributed by atoms with E-state index < -0.39 is 0 Å². The molecule has 0 saturated carbocycles. The number of hydrogen-bond acceptors (Lipinski definition) is 0. The summed E-state index contributed by atoms with van der Waals surface area (Å²) in [5, 5.41) is 0. The molecule has 1 aromatic rings. The molecule has 0 amide bonds. The van der Waals surface area contributed by atoms with Gasteiger partial charge >= 0.3 is 0 Å². The predicted molar refractivity (Wildman–Crippen MR) is 110 cm³/mol.